The molecule has 0 aliphatic rings. The predicted molar refractivity (Wildman–Crippen MR) is 238 cm³/mol. The normalized spacial score (nSPS) is 12.6. The Morgan fingerprint density at radius 2 is 0.786 bits per heavy atom. The third kappa shape index (κ3) is 42.3. The maximum Gasteiger partial charge on any atom is 0.306 e. The molecule has 0 heterocycles. The molecule has 0 amide bonds. The van der Waals surface area contributed by atoms with Gasteiger partial charge in [-0.2, -0.15) is 0 Å². The van der Waals surface area contributed by atoms with Crippen molar-refractivity contribution in [2.75, 3.05) is 13.2 Å². The monoisotopic (exact) mass is 783 g/mol. The Morgan fingerprint density at radius 1 is 0.393 bits per heavy atom. The van der Waals surface area contributed by atoms with E-state index in [9.17, 15) is 14.4 Å². The minimum atomic E-state index is -0.787. The highest BCUT2D eigenvalue weighted by Gasteiger charge is 2.19. The molecule has 0 aromatic heterocycles. The van der Waals surface area contributed by atoms with Crippen LogP contribution in [-0.2, 0) is 28.6 Å². The summed E-state index contributed by atoms with van der Waals surface area (Å²) in [5.41, 5.74) is 0. The molecule has 0 radical (unpaired) electrons. The van der Waals surface area contributed by atoms with Gasteiger partial charge in [-0.05, 0) is 64.2 Å². The molecule has 6 heteroatoms. The van der Waals surface area contributed by atoms with Gasteiger partial charge >= 0.3 is 17.9 Å². The number of ether oxygens (including phenoxy) is 3. The molecule has 0 spiro atoms. The van der Waals surface area contributed by atoms with Crippen LogP contribution in [0, 0.1) is 0 Å². The highest BCUT2D eigenvalue weighted by Crippen LogP contribution is 2.15. The van der Waals surface area contributed by atoms with E-state index in [4.69, 9.17) is 14.2 Å². The second kappa shape index (κ2) is 44.8. The largest absolute Gasteiger partial charge is 0.462 e. The molecule has 1 atom stereocenters. The fraction of sp³-hybridized carbons (Fsp3) is 0.740. The number of hydrogen-bond donors (Lipinski definition) is 0. The zero-order valence-corrected chi connectivity index (χ0v) is 36.6. The fourth-order valence-corrected chi connectivity index (χ4v) is 6.36. The maximum atomic E-state index is 12.7. The Balaban J connectivity index is 4.38. The molecule has 322 valence electrons. The maximum absolute atomic E-state index is 12.7. The third-order valence-corrected chi connectivity index (χ3v) is 9.83. The zero-order chi connectivity index (χ0) is 40.8. The lowest BCUT2D eigenvalue weighted by Gasteiger charge is -2.18. The van der Waals surface area contributed by atoms with Crippen molar-refractivity contribution < 1.29 is 28.6 Å². The van der Waals surface area contributed by atoms with Crippen LogP contribution in [0.2, 0.25) is 0 Å². The Morgan fingerprint density at radius 3 is 1.30 bits per heavy atom. The molecule has 1 unspecified atom stereocenters. The van der Waals surface area contributed by atoms with E-state index in [0.717, 1.165) is 83.5 Å². The van der Waals surface area contributed by atoms with E-state index in [1.165, 1.54) is 96.3 Å². The van der Waals surface area contributed by atoms with E-state index in [-0.39, 0.29) is 31.1 Å². The first-order valence-electron chi connectivity index (χ1n) is 23.3. The molecule has 0 bridgehead atoms. The van der Waals surface area contributed by atoms with E-state index >= 15 is 0 Å². The lowest BCUT2D eigenvalue weighted by Crippen LogP contribution is -2.30. The zero-order valence-electron chi connectivity index (χ0n) is 36.6. The molecule has 6 nitrogen and oxygen atoms in total. The van der Waals surface area contributed by atoms with Crippen LogP contribution in [0.5, 0.6) is 0 Å². The van der Waals surface area contributed by atoms with Gasteiger partial charge in [-0.3, -0.25) is 14.4 Å². The van der Waals surface area contributed by atoms with Gasteiger partial charge < -0.3 is 14.2 Å². The molecule has 0 aromatic carbocycles. The van der Waals surface area contributed by atoms with E-state index < -0.39 is 6.10 Å². The number of carbonyl (C=O) groups excluding carboxylic acids is 3. The van der Waals surface area contributed by atoms with Gasteiger partial charge in [0.2, 0.25) is 0 Å². The number of esters is 3. The molecule has 0 saturated carbocycles. The van der Waals surface area contributed by atoms with E-state index in [0.29, 0.717) is 19.3 Å². The smallest absolute Gasteiger partial charge is 0.306 e. The first kappa shape index (κ1) is 53.1. The molecule has 0 aliphatic heterocycles. The Kier molecular flexibility index (Phi) is 42.5. The molecule has 0 rings (SSSR count). The number of unbranched alkanes of at least 4 members (excludes halogenated alkanes) is 22. The van der Waals surface area contributed by atoms with Gasteiger partial charge in [0, 0.05) is 19.3 Å². The second-order valence-electron chi connectivity index (χ2n) is 15.3. The summed E-state index contributed by atoms with van der Waals surface area (Å²) < 4.78 is 16.7. The molecular formula is C50H86O6. The topological polar surface area (TPSA) is 78.9 Å². The molecule has 0 N–H and O–H groups in total. The van der Waals surface area contributed by atoms with Crippen LogP contribution in [0.3, 0.4) is 0 Å². The lowest BCUT2D eigenvalue weighted by atomic mass is 10.0. The Bertz CT molecular complexity index is 1040. The standard InChI is InChI=1S/C50H86O6/c1-4-7-10-13-16-19-21-23-25-27-28-31-34-37-40-43-49(52)55-46-47(45-54-48(51)42-39-36-33-30-18-15-12-9-6-3)56-50(53)44-41-38-35-32-29-26-24-22-20-17-14-11-8-5-2/h7,9-10,12-13,16,18-19,21,30,47H,4-6,8,11,14-15,17,20,22-29,31-46H2,1-3H3/b10-7-,12-9-,16-13-,21-19-,30-18-. The molecular weight excluding hydrogens is 697 g/mol. The van der Waals surface area contributed by atoms with Crippen molar-refractivity contribution in [2.45, 2.75) is 226 Å². The van der Waals surface area contributed by atoms with Crippen LogP contribution >= 0.6 is 0 Å². The summed E-state index contributed by atoms with van der Waals surface area (Å²) in [6.07, 6.45) is 53.6. The van der Waals surface area contributed by atoms with Gasteiger partial charge in [0.05, 0.1) is 0 Å². The van der Waals surface area contributed by atoms with Crippen molar-refractivity contribution in [1.82, 2.24) is 0 Å². The molecule has 0 saturated heterocycles. The van der Waals surface area contributed by atoms with Crippen LogP contribution in [0.4, 0.5) is 0 Å². The minimum Gasteiger partial charge on any atom is -0.462 e. The summed E-state index contributed by atoms with van der Waals surface area (Å²) in [4.78, 5) is 37.7. The minimum absolute atomic E-state index is 0.0897. The van der Waals surface area contributed by atoms with Crippen molar-refractivity contribution in [1.29, 1.82) is 0 Å². The van der Waals surface area contributed by atoms with E-state index in [1.807, 2.05) is 0 Å². The highest BCUT2D eigenvalue weighted by molar-refractivity contribution is 5.71. The highest BCUT2D eigenvalue weighted by atomic mass is 16.6. The van der Waals surface area contributed by atoms with Crippen molar-refractivity contribution in [3.8, 4) is 0 Å². The van der Waals surface area contributed by atoms with Crippen LogP contribution in [-0.4, -0.2) is 37.2 Å². The van der Waals surface area contributed by atoms with E-state index in [1.54, 1.807) is 0 Å². The van der Waals surface area contributed by atoms with Crippen molar-refractivity contribution in [2.24, 2.45) is 0 Å². The van der Waals surface area contributed by atoms with Crippen LogP contribution in [0.15, 0.2) is 60.8 Å². The SMILES string of the molecule is CC\C=C/C=C\C=C/CCCCCCCCCC(=O)OCC(COC(=O)CCCC/C=C\C/C=C\CC)OC(=O)CCCCCCCCCCCCCCCC. The number of hydrogen-bond acceptors (Lipinski definition) is 6. The average Bonchev–Trinajstić information content (AvgIpc) is 3.19. The van der Waals surface area contributed by atoms with Crippen molar-refractivity contribution in [3.05, 3.63) is 60.8 Å². The summed E-state index contributed by atoms with van der Waals surface area (Å²) in [6, 6.07) is 0. The summed E-state index contributed by atoms with van der Waals surface area (Å²) in [5, 5.41) is 0. The summed E-state index contributed by atoms with van der Waals surface area (Å²) >= 11 is 0. The number of rotatable bonds is 41. The molecule has 56 heavy (non-hydrogen) atoms. The van der Waals surface area contributed by atoms with Gasteiger partial charge in [-0.1, -0.05) is 197 Å². The Hall–Kier alpha value is -2.89. The first-order chi connectivity index (χ1) is 27.5. The van der Waals surface area contributed by atoms with Crippen LogP contribution in [0.25, 0.3) is 0 Å². The summed E-state index contributed by atoms with van der Waals surface area (Å²) in [6.45, 7) is 6.34. The number of carbonyl (C=O) groups is 3. The molecule has 0 aromatic rings. The van der Waals surface area contributed by atoms with Crippen LogP contribution < -0.4 is 0 Å². The summed E-state index contributed by atoms with van der Waals surface area (Å²) in [7, 11) is 0. The summed E-state index contributed by atoms with van der Waals surface area (Å²) in [5.74, 6) is -0.939. The van der Waals surface area contributed by atoms with Gasteiger partial charge in [0.15, 0.2) is 6.10 Å². The van der Waals surface area contributed by atoms with Crippen molar-refractivity contribution in [3.63, 3.8) is 0 Å². The lowest BCUT2D eigenvalue weighted by molar-refractivity contribution is -0.167. The fourth-order valence-electron chi connectivity index (χ4n) is 6.36. The number of allylic oxidation sites excluding steroid dienone is 10. The third-order valence-electron chi connectivity index (χ3n) is 9.83. The van der Waals surface area contributed by atoms with Gasteiger partial charge in [0.25, 0.3) is 0 Å². The Labute approximate surface area is 345 Å². The van der Waals surface area contributed by atoms with Gasteiger partial charge in [0.1, 0.15) is 13.2 Å². The molecule has 0 fully saturated rings. The predicted octanol–water partition coefficient (Wildman–Crippen LogP) is 14.9. The van der Waals surface area contributed by atoms with E-state index in [2.05, 4.69) is 81.5 Å². The second-order valence-corrected chi connectivity index (χ2v) is 15.3. The van der Waals surface area contributed by atoms with Crippen molar-refractivity contribution >= 4 is 17.9 Å². The molecule has 0 aliphatic carbocycles. The first-order valence-corrected chi connectivity index (χ1v) is 23.3. The quantitative estimate of drug-likeness (QED) is 0.0202. The average molecular weight is 783 g/mol. The van der Waals surface area contributed by atoms with Gasteiger partial charge in [-0.25, -0.2) is 0 Å². The van der Waals surface area contributed by atoms with Gasteiger partial charge in [-0.15, -0.1) is 0 Å². The van der Waals surface area contributed by atoms with Crippen LogP contribution in [0.1, 0.15) is 220 Å².